The number of nitrogens with one attached hydrogen (secondary N) is 1. The fourth-order valence-corrected chi connectivity index (χ4v) is 8.79. The van der Waals surface area contributed by atoms with Gasteiger partial charge in [-0.25, -0.2) is 0 Å². The number of methoxy groups -OCH3 is 1. The molecule has 0 aliphatic carbocycles. The number of benzene rings is 2. The van der Waals surface area contributed by atoms with Gasteiger partial charge in [-0.1, -0.05) is 58.4 Å². The number of nitrogens with zero attached hydrogens (tertiary/aromatic N) is 3. The Labute approximate surface area is 312 Å². The Morgan fingerprint density at radius 2 is 1.73 bits per heavy atom. The molecule has 6 rings (SSSR count). The first-order valence-electron chi connectivity index (χ1n) is 18.0. The van der Waals surface area contributed by atoms with Crippen LogP contribution in [-0.2, 0) is 33.4 Å². The molecule has 2 N–H and O–H groups in total. The summed E-state index contributed by atoms with van der Waals surface area (Å²) in [5, 5.41) is 12.8. The minimum Gasteiger partial charge on any atom is -0.455 e. The van der Waals surface area contributed by atoms with E-state index in [1.807, 2.05) is 66.7 Å². The topological polar surface area (TPSA) is 138 Å². The number of amides is 3. The van der Waals surface area contributed by atoms with Gasteiger partial charge >= 0.3 is 5.97 Å². The van der Waals surface area contributed by atoms with Crippen LogP contribution in [0, 0.1) is 11.8 Å². The highest BCUT2D eigenvalue weighted by atomic mass is 79.9. The molecule has 4 aliphatic heterocycles. The smallest absolute Gasteiger partial charge is 0.313 e. The molecule has 278 valence electrons. The van der Waals surface area contributed by atoms with Crippen LogP contribution in [0.3, 0.4) is 0 Å². The van der Waals surface area contributed by atoms with Gasteiger partial charge in [-0.3, -0.25) is 19.2 Å². The minimum absolute atomic E-state index is 0.0580. The number of fused-ring (bicyclic) bond motifs is 2. The second-order valence-corrected chi connectivity index (χ2v) is 14.4. The van der Waals surface area contributed by atoms with Crippen LogP contribution in [0.2, 0.25) is 0 Å². The van der Waals surface area contributed by atoms with Gasteiger partial charge in [-0.05, 0) is 62.6 Å². The number of anilines is 2. The van der Waals surface area contributed by atoms with Crippen LogP contribution in [-0.4, -0.2) is 104 Å². The van der Waals surface area contributed by atoms with Crippen molar-refractivity contribution in [1.29, 1.82) is 0 Å². The number of allylic oxidation sites excluding steroid dienone is 1. The third kappa shape index (κ3) is 7.03. The number of hydrogen-bond acceptors (Lipinski definition) is 9. The van der Waals surface area contributed by atoms with Crippen LogP contribution in [0.25, 0.3) is 0 Å². The Balaban J connectivity index is 1.45. The van der Waals surface area contributed by atoms with E-state index in [1.54, 1.807) is 11.0 Å². The van der Waals surface area contributed by atoms with Gasteiger partial charge in [0.2, 0.25) is 11.8 Å². The third-order valence-electron chi connectivity index (χ3n) is 10.5. The van der Waals surface area contributed by atoms with Crippen molar-refractivity contribution in [2.75, 3.05) is 56.3 Å². The number of cyclic esters (lactones) is 1. The first-order chi connectivity index (χ1) is 25.2. The van der Waals surface area contributed by atoms with Gasteiger partial charge < -0.3 is 39.3 Å². The Morgan fingerprint density at radius 3 is 2.40 bits per heavy atom. The third-order valence-corrected chi connectivity index (χ3v) is 11.1. The molecule has 1 spiro atoms. The normalized spacial score (nSPS) is 29.8. The van der Waals surface area contributed by atoms with E-state index in [0.29, 0.717) is 22.2 Å². The molecule has 2 aromatic rings. The number of likely N-dealkylation sites (tertiary alicyclic amines) is 1. The number of ether oxygens (including phenoxy) is 3. The average Bonchev–Trinajstić information content (AvgIpc) is 3.74. The molecule has 4 aliphatic rings. The van der Waals surface area contributed by atoms with Gasteiger partial charge in [-0.2, -0.15) is 0 Å². The largest absolute Gasteiger partial charge is 0.455 e. The Bertz CT molecular complexity index is 1680. The summed E-state index contributed by atoms with van der Waals surface area (Å²) < 4.78 is 19.0. The summed E-state index contributed by atoms with van der Waals surface area (Å²) >= 11 is 3.61. The minimum atomic E-state index is -1.48. The monoisotopic (exact) mass is 778 g/mol. The second-order valence-electron chi connectivity index (χ2n) is 13.5. The fourth-order valence-electron chi connectivity index (χ4n) is 8.05. The maximum Gasteiger partial charge on any atom is 0.313 e. The number of rotatable bonds is 10. The van der Waals surface area contributed by atoms with Crippen molar-refractivity contribution >= 4 is 51.0 Å². The van der Waals surface area contributed by atoms with Crippen molar-refractivity contribution < 1.29 is 38.5 Å². The van der Waals surface area contributed by atoms with E-state index in [1.165, 1.54) is 12.0 Å². The van der Waals surface area contributed by atoms with Crippen LogP contribution in [0.4, 0.5) is 11.4 Å². The quantitative estimate of drug-likeness (QED) is 0.272. The summed E-state index contributed by atoms with van der Waals surface area (Å²) in [6, 6.07) is 14.9. The lowest BCUT2D eigenvalue weighted by molar-refractivity contribution is -0.162. The lowest BCUT2D eigenvalue weighted by Crippen LogP contribution is -2.56. The molecule has 7 atom stereocenters. The molecule has 52 heavy (non-hydrogen) atoms. The van der Waals surface area contributed by atoms with E-state index >= 15 is 4.79 Å². The molecule has 2 fully saturated rings. The number of carbonyl (C=O) groups excluding carboxylic acids is 4. The molecule has 5 bridgehead atoms. The highest BCUT2D eigenvalue weighted by molar-refractivity contribution is 9.11. The zero-order valence-electron chi connectivity index (χ0n) is 29.8. The summed E-state index contributed by atoms with van der Waals surface area (Å²) in [5.41, 5.74) is 0.799. The van der Waals surface area contributed by atoms with Gasteiger partial charge in [0.1, 0.15) is 29.8 Å². The Hall–Kier alpha value is -4.04. The predicted molar refractivity (Wildman–Crippen MR) is 199 cm³/mol. The molecule has 13 heteroatoms. The van der Waals surface area contributed by atoms with Crippen LogP contribution in [0.15, 0.2) is 77.3 Å². The van der Waals surface area contributed by atoms with Gasteiger partial charge in [-0.15, -0.1) is 0 Å². The zero-order valence-corrected chi connectivity index (χ0v) is 31.4. The number of aliphatic hydroxyl groups is 1. The molecule has 0 radical (unpaired) electrons. The van der Waals surface area contributed by atoms with Crippen molar-refractivity contribution in [3.05, 3.63) is 82.9 Å². The number of hydrogen-bond donors (Lipinski definition) is 2. The first-order valence-corrected chi connectivity index (χ1v) is 18.8. The number of aliphatic hydroxyl groups excluding tert-OH is 1. The molecular weight excluding hydrogens is 732 g/mol. The molecule has 0 aromatic heterocycles. The van der Waals surface area contributed by atoms with Crippen molar-refractivity contribution in [2.45, 2.75) is 63.0 Å². The van der Waals surface area contributed by atoms with Crippen LogP contribution in [0.1, 0.15) is 44.8 Å². The molecule has 4 heterocycles. The van der Waals surface area contributed by atoms with Crippen molar-refractivity contribution in [2.24, 2.45) is 11.8 Å². The molecule has 0 saturated carbocycles. The van der Waals surface area contributed by atoms with Gasteiger partial charge in [0.25, 0.3) is 5.91 Å². The summed E-state index contributed by atoms with van der Waals surface area (Å²) in [6.07, 6.45) is 4.43. The second kappa shape index (κ2) is 16.3. The maximum absolute atomic E-state index is 15.1. The molecule has 3 amide bonds. The molecule has 0 unspecified atom stereocenters. The van der Waals surface area contributed by atoms with E-state index in [9.17, 15) is 19.5 Å². The number of carbonyl (C=O) groups is 4. The fraction of sp³-hybridized carbons (Fsp3) is 0.487. The Kier molecular flexibility index (Phi) is 11.8. The van der Waals surface area contributed by atoms with E-state index in [2.05, 4.69) is 40.0 Å². The van der Waals surface area contributed by atoms with Gasteiger partial charge in [0.05, 0.1) is 18.6 Å². The maximum atomic E-state index is 15.1. The van der Waals surface area contributed by atoms with E-state index < -0.39 is 53.6 Å². The van der Waals surface area contributed by atoms with Crippen molar-refractivity contribution in [3.63, 3.8) is 0 Å². The average molecular weight is 780 g/mol. The standard InChI is InChI=1S/C39H47BrN4O8/c1-4-42(5-2)26-16-18-27(19-17-26)43-20-11-7-10-15-30(46)41-29(24-50-3)33(25-13-8-6-9-14-25)51-38(49)31-32-36(47)44(21-12-22-45)35(37(43)48)39(32)23-28(40)34(31)52-39/h6-9,11,13-14,16-19,23,29,31-35,45H,4-5,10,12,15,20-22,24H2,1-3H3,(H,41,46)/b11-7-/t29-,31+,32-,33-,34+,35+,39-/m1/s1. The molecule has 2 aromatic carbocycles. The van der Waals surface area contributed by atoms with E-state index in [4.69, 9.17) is 14.2 Å². The number of halogens is 1. The number of esters is 1. The lowest BCUT2D eigenvalue weighted by atomic mass is 9.74. The van der Waals surface area contributed by atoms with Crippen LogP contribution < -0.4 is 15.1 Å². The summed E-state index contributed by atoms with van der Waals surface area (Å²) in [5.74, 6) is -3.91. The first kappa shape index (κ1) is 37.7. The van der Waals surface area contributed by atoms with Crippen molar-refractivity contribution in [3.8, 4) is 0 Å². The molecule has 2 saturated heterocycles. The summed E-state index contributed by atoms with van der Waals surface area (Å²) in [7, 11) is 1.51. The van der Waals surface area contributed by atoms with Crippen molar-refractivity contribution in [1.82, 2.24) is 10.2 Å². The lowest BCUT2D eigenvalue weighted by Gasteiger charge is -2.36. The molecule has 12 nitrogen and oxygen atoms in total. The van der Waals surface area contributed by atoms with E-state index in [-0.39, 0.29) is 51.0 Å². The zero-order chi connectivity index (χ0) is 37.0. The predicted octanol–water partition coefficient (Wildman–Crippen LogP) is 3.89. The highest BCUT2D eigenvalue weighted by Crippen LogP contribution is 2.59. The van der Waals surface area contributed by atoms with Crippen LogP contribution in [0.5, 0.6) is 0 Å². The summed E-state index contributed by atoms with van der Waals surface area (Å²) in [4.78, 5) is 62.7. The molecular formula is C39H47BrN4O8. The Morgan fingerprint density at radius 1 is 1.00 bits per heavy atom. The SMILES string of the molecule is CCN(CC)c1ccc(N2C/C=C\CCC(=O)N[C@H](COC)[C@@H](c3ccccc3)OC(=O)[C@@H]3[C@H]4O[C@@]5(C=C4Br)[C@H](C2=O)N(CCCO)C(=O)[C@@H]35)cc1. The van der Waals surface area contributed by atoms with Gasteiger partial charge in [0, 0.05) is 62.2 Å². The van der Waals surface area contributed by atoms with Crippen LogP contribution >= 0.6 is 15.9 Å². The van der Waals surface area contributed by atoms with Gasteiger partial charge in [0.15, 0.2) is 0 Å². The summed E-state index contributed by atoms with van der Waals surface area (Å²) in [6.45, 7) is 5.92. The van der Waals surface area contributed by atoms with E-state index in [0.717, 1.165) is 18.8 Å². The highest BCUT2D eigenvalue weighted by Gasteiger charge is 2.75.